The fraction of sp³-hybridized carbons (Fsp3) is 0.444. The van der Waals surface area contributed by atoms with Crippen LogP contribution < -0.4 is 11.1 Å². The van der Waals surface area contributed by atoms with Gasteiger partial charge in [-0.3, -0.25) is 10.2 Å². The summed E-state index contributed by atoms with van der Waals surface area (Å²) in [6.45, 7) is 0. The minimum atomic E-state index is -0.375. The lowest BCUT2D eigenvalue weighted by atomic mass is 9.97. The van der Waals surface area contributed by atoms with E-state index in [1.807, 2.05) is 0 Å². The number of piperidine rings is 1. The molecule has 0 saturated carbocycles. The zero-order chi connectivity index (χ0) is 16.6. The van der Waals surface area contributed by atoms with Crippen molar-refractivity contribution in [2.45, 2.75) is 43.8 Å². The fourth-order valence-corrected chi connectivity index (χ4v) is 3.77. The summed E-state index contributed by atoms with van der Waals surface area (Å²) < 4.78 is 0. The van der Waals surface area contributed by atoms with Crippen molar-refractivity contribution >= 4 is 17.3 Å². The van der Waals surface area contributed by atoms with Gasteiger partial charge in [0.1, 0.15) is 5.71 Å². The second kappa shape index (κ2) is 6.05. The summed E-state index contributed by atoms with van der Waals surface area (Å²) in [6, 6.07) is 6.19. The van der Waals surface area contributed by atoms with Crippen LogP contribution in [-0.4, -0.2) is 41.7 Å². The van der Waals surface area contributed by atoms with E-state index in [9.17, 15) is 4.79 Å². The molecule has 5 nitrogen and oxygen atoms in total. The zero-order valence-electron chi connectivity index (χ0n) is 13.3. The Morgan fingerprint density at radius 1 is 1.39 bits per heavy atom. The molecule has 0 aliphatic carbocycles. The lowest BCUT2D eigenvalue weighted by Crippen LogP contribution is -2.50. The maximum Gasteiger partial charge on any atom is 0.270 e. The summed E-state index contributed by atoms with van der Waals surface area (Å²) in [5.74, 6) is 2.13. The van der Waals surface area contributed by atoms with Gasteiger partial charge in [-0.15, -0.1) is 6.42 Å². The van der Waals surface area contributed by atoms with Crippen molar-refractivity contribution in [1.29, 1.82) is 5.41 Å². The highest BCUT2D eigenvalue weighted by Crippen LogP contribution is 2.34. The van der Waals surface area contributed by atoms with E-state index in [4.69, 9.17) is 17.6 Å². The molecule has 120 valence electrons. The van der Waals surface area contributed by atoms with Gasteiger partial charge in [0, 0.05) is 34.9 Å². The van der Waals surface area contributed by atoms with Crippen LogP contribution in [0.1, 0.15) is 36.8 Å². The average molecular weight is 310 g/mol. The molecular formula is C18H22N4O. The third-order valence-corrected chi connectivity index (χ3v) is 5.15. The fourth-order valence-electron chi connectivity index (χ4n) is 3.77. The number of carbonyl (C=O) groups is 1. The molecule has 1 aromatic rings. The Labute approximate surface area is 136 Å². The molecular weight excluding hydrogens is 288 g/mol. The minimum absolute atomic E-state index is 0.120. The van der Waals surface area contributed by atoms with E-state index in [2.05, 4.69) is 23.2 Å². The van der Waals surface area contributed by atoms with E-state index >= 15 is 0 Å². The molecule has 2 atom stereocenters. The monoisotopic (exact) mass is 310 g/mol. The number of terminal acetylenes is 1. The molecule has 2 saturated heterocycles. The molecule has 3 rings (SSSR count). The number of fused-ring (bicyclic) bond motifs is 2. The number of carbonyl (C=O) groups excluding carboxylic acids is 1. The van der Waals surface area contributed by atoms with Crippen molar-refractivity contribution in [2.24, 2.45) is 0 Å². The highest BCUT2D eigenvalue weighted by atomic mass is 16.1. The number of nitrogens with zero attached hydrogens (tertiary/aromatic N) is 1. The van der Waals surface area contributed by atoms with E-state index in [0.717, 1.165) is 12.8 Å². The molecule has 2 bridgehead atoms. The topological polar surface area (TPSA) is 82.2 Å². The SMILES string of the molecule is C#Cc1ccc(N)c(C(=N)C(=O)NC2CC3CCC(C2)N3C)c1. The number of nitrogens with two attached hydrogens (primary N) is 1. The molecule has 0 aromatic heterocycles. The van der Waals surface area contributed by atoms with Gasteiger partial charge in [-0.1, -0.05) is 5.92 Å². The normalized spacial score (nSPS) is 26.5. The van der Waals surface area contributed by atoms with Crippen molar-refractivity contribution in [2.75, 3.05) is 12.8 Å². The first kappa shape index (κ1) is 15.6. The minimum Gasteiger partial charge on any atom is -0.398 e. The van der Waals surface area contributed by atoms with Gasteiger partial charge >= 0.3 is 0 Å². The van der Waals surface area contributed by atoms with Crippen LogP contribution in [0, 0.1) is 17.8 Å². The molecule has 2 aliphatic heterocycles. The van der Waals surface area contributed by atoms with Gasteiger partial charge in [-0.25, -0.2) is 0 Å². The summed E-state index contributed by atoms with van der Waals surface area (Å²) in [4.78, 5) is 14.8. The third-order valence-electron chi connectivity index (χ3n) is 5.15. The first-order valence-electron chi connectivity index (χ1n) is 7.97. The Morgan fingerprint density at radius 3 is 2.65 bits per heavy atom. The molecule has 2 unspecified atom stereocenters. The lowest BCUT2D eigenvalue weighted by Gasteiger charge is -2.36. The zero-order valence-corrected chi connectivity index (χ0v) is 13.3. The molecule has 1 aromatic carbocycles. The molecule has 0 radical (unpaired) electrons. The number of hydrogen-bond donors (Lipinski definition) is 3. The largest absolute Gasteiger partial charge is 0.398 e. The number of rotatable bonds is 3. The summed E-state index contributed by atoms with van der Waals surface area (Å²) >= 11 is 0. The first-order valence-corrected chi connectivity index (χ1v) is 7.97. The van der Waals surface area contributed by atoms with Crippen molar-refractivity contribution < 1.29 is 4.79 Å². The summed E-state index contributed by atoms with van der Waals surface area (Å²) in [5.41, 5.74) is 7.18. The van der Waals surface area contributed by atoms with Crippen LogP contribution >= 0.6 is 0 Å². The molecule has 1 amide bonds. The Kier molecular flexibility index (Phi) is 4.10. The van der Waals surface area contributed by atoms with Gasteiger partial charge in [0.05, 0.1) is 0 Å². The van der Waals surface area contributed by atoms with Crippen molar-refractivity contribution in [1.82, 2.24) is 10.2 Å². The van der Waals surface area contributed by atoms with Crippen LogP contribution in [0.5, 0.6) is 0 Å². The number of hydrogen-bond acceptors (Lipinski definition) is 4. The smallest absolute Gasteiger partial charge is 0.270 e. The Morgan fingerprint density at radius 2 is 2.04 bits per heavy atom. The van der Waals surface area contributed by atoms with Crippen LogP contribution in [0.2, 0.25) is 0 Å². The Balaban J connectivity index is 1.69. The van der Waals surface area contributed by atoms with Crippen LogP contribution in [-0.2, 0) is 4.79 Å². The van der Waals surface area contributed by atoms with E-state index in [1.165, 1.54) is 12.8 Å². The molecule has 2 heterocycles. The van der Waals surface area contributed by atoms with Gasteiger partial charge in [-0.05, 0) is 50.9 Å². The number of nitrogen functional groups attached to an aromatic ring is 1. The van der Waals surface area contributed by atoms with Crippen molar-refractivity contribution in [3.63, 3.8) is 0 Å². The van der Waals surface area contributed by atoms with Crippen molar-refractivity contribution in [3.8, 4) is 12.3 Å². The summed E-state index contributed by atoms with van der Waals surface area (Å²) in [7, 11) is 2.16. The maximum absolute atomic E-state index is 12.4. The van der Waals surface area contributed by atoms with Gasteiger partial charge < -0.3 is 16.0 Å². The Hall–Kier alpha value is -2.32. The standard InChI is InChI=1S/C18H22N4O/c1-3-11-4-7-16(19)15(8-11)17(20)18(23)21-12-9-13-5-6-14(10-12)22(13)2/h1,4,7-8,12-14,20H,5-6,9-10,19H2,2H3,(H,21,23). The predicted molar refractivity (Wildman–Crippen MR) is 91.4 cm³/mol. The van der Waals surface area contributed by atoms with Crippen molar-refractivity contribution in [3.05, 3.63) is 29.3 Å². The van der Waals surface area contributed by atoms with E-state index in [-0.39, 0.29) is 17.7 Å². The summed E-state index contributed by atoms with van der Waals surface area (Å²) in [6.07, 6.45) is 9.67. The Bertz CT molecular complexity index is 677. The molecule has 0 spiro atoms. The highest BCUT2D eigenvalue weighted by molar-refractivity contribution is 6.45. The first-order chi connectivity index (χ1) is 11.0. The van der Waals surface area contributed by atoms with E-state index in [0.29, 0.717) is 28.9 Å². The number of nitrogens with one attached hydrogen (secondary N) is 2. The van der Waals surface area contributed by atoms with Crippen LogP contribution in [0.3, 0.4) is 0 Å². The van der Waals surface area contributed by atoms with Crippen LogP contribution in [0.25, 0.3) is 0 Å². The van der Waals surface area contributed by atoms with E-state index < -0.39 is 0 Å². The predicted octanol–water partition coefficient (Wildman–Crippen LogP) is 1.36. The molecule has 23 heavy (non-hydrogen) atoms. The van der Waals surface area contributed by atoms with Crippen LogP contribution in [0.15, 0.2) is 18.2 Å². The maximum atomic E-state index is 12.4. The summed E-state index contributed by atoms with van der Waals surface area (Å²) in [5, 5.41) is 11.2. The number of anilines is 1. The number of amides is 1. The molecule has 4 N–H and O–H groups in total. The molecule has 5 heteroatoms. The third kappa shape index (κ3) is 2.95. The second-order valence-electron chi connectivity index (χ2n) is 6.51. The van der Waals surface area contributed by atoms with Gasteiger partial charge in [0.15, 0.2) is 0 Å². The quantitative estimate of drug-likeness (QED) is 0.448. The van der Waals surface area contributed by atoms with Crippen LogP contribution in [0.4, 0.5) is 5.69 Å². The van der Waals surface area contributed by atoms with Gasteiger partial charge in [0.25, 0.3) is 5.91 Å². The molecule has 2 fully saturated rings. The van der Waals surface area contributed by atoms with E-state index in [1.54, 1.807) is 18.2 Å². The average Bonchev–Trinajstić information content (AvgIpc) is 2.76. The second-order valence-corrected chi connectivity index (χ2v) is 6.51. The molecule has 2 aliphatic rings. The lowest BCUT2D eigenvalue weighted by molar-refractivity contribution is -0.115. The number of benzene rings is 1. The highest BCUT2D eigenvalue weighted by Gasteiger charge is 2.39. The van der Waals surface area contributed by atoms with Gasteiger partial charge in [-0.2, -0.15) is 0 Å². The van der Waals surface area contributed by atoms with Gasteiger partial charge in [0.2, 0.25) is 0 Å².